The molecule has 2 heterocycles. The molecule has 2 aliphatic rings. The fraction of sp³-hybridized carbons (Fsp3) is 0.474. The molecule has 7 nitrogen and oxygen atoms in total. The Hall–Kier alpha value is -2.35. The lowest BCUT2D eigenvalue weighted by Crippen LogP contribution is -2.47. The van der Waals surface area contributed by atoms with Gasteiger partial charge in [-0.2, -0.15) is 0 Å². The number of hydrogen-bond donors (Lipinski definition) is 1. The van der Waals surface area contributed by atoms with E-state index in [0.29, 0.717) is 30.8 Å². The van der Waals surface area contributed by atoms with Gasteiger partial charge in [0.2, 0.25) is 10.0 Å². The lowest BCUT2D eigenvalue weighted by Gasteiger charge is -2.32. The van der Waals surface area contributed by atoms with Crippen LogP contribution < -0.4 is 4.72 Å². The zero-order chi connectivity index (χ0) is 18.9. The van der Waals surface area contributed by atoms with E-state index in [1.807, 2.05) is 6.07 Å². The molecule has 1 atom stereocenters. The summed E-state index contributed by atoms with van der Waals surface area (Å²) in [6, 6.07) is 8.82. The van der Waals surface area contributed by atoms with Gasteiger partial charge in [-0.05, 0) is 44.2 Å². The predicted molar refractivity (Wildman–Crippen MR) is 101 cm³/mol. The van der Waals surface area contributed by atoms with Crippen LogP contribution in [0.3, 0.4) is 0 Å². The third kappa shape index (κ3) is 3.71. The van der Waals surface area contributed by atoms with Crippen LogP contribution in [0.4, 0.5) is 5.69 Å². The predicted octanol–water partition coefficient (Wildman–Crippen LogP) is 2.60. The Morgan fingerprint density at radius 3 is 2.74 bits per heavy atom. The molecule has 1 aromatic heterocycles. The van der Waals surface area contributed by atoms with Gasteiger partial charge in [-0.25, -0.2) is 8.42 Å². The third-order valence-electron chi connectivity index (χ3n) is 5.29. The molecule has 0 radical (unpaired) electrons. The summed E-state index contributed by atoms with van der Waals surface area (Å²) < 4.78 is 33.5. The number of nitrogens with zero attached hydrogens (tertiary/aromatic N) is 2. The number of rotatable bonds is 4. The largest absolute Gasteiger partial charge is 0.360 e. The molecule has 2 aromatic rings. The number of fused-ring (bicyclic) bond motifs is 1. The van der Waals surface area contributed by atoms with Crippen molar-refractivity contribution in [2.24, 2.45) is 0 Å². The van der Waals surface area contributed by atoms with Gasteiger partial charge in [0.15, 0.2) is 5.69 Å². The highest BCUT2D eigenvalue weighted by Gasteiger charge is 2.35. The molecule has 4 rings (SSSR count). The molecule has 1 fully saturated rings. The van der Waals surface area contributed by atoms with E-state index >= 15 is 0 Å². The van der Waals surface area contributed by atoms with Crippen molar-refractivity contribution in [1.29, 1.82) is 0 Å². The number of carbonyl (C=O) groups is 1. The summed E-state index contributed by atoms with van der Waals surface area (Å²) in [5.74, 6) is 0.582. The van der Waals surface area contributed by atoms with Crippen molar-refractivity contribution in [3.8, 4) is 0 Å². The van der Waals surface area contributed by atoms with Crippen molar-refractivity contribution in [2.45, 2.75) is 43.8 Å². The standard InChI is InChI=1S/C19H23N3O4S/c23-19(18-16-10-4-5-11-17(16)26-20-18)22-12-6-9-15(13-22)27(24,25)21-14-7-2-1-3-8-14/h1-3,7-8,15,21H,4-6,9-13H2/t15-/m1/s1. The summed E-state index contributed by atoms with van der Waals surface area (Å²) in [7, 11) is -3.58. The lowest BCUT2D eigenvalue weighted by atomic mass is 9.96. The second-order valence-corrected chi connectivity index (χ2v) is 9.13. The van der Waals surface area contributed by atoms with Crippen LogP contribution in [-0.4, -0.2) is 42.7 Å². The third-order valence-corrected chi connectivity index (χ3v) is 7.07. The number of aromatic nitrogens is 1. The molecule has 8 heteroatoms. The first-order valence-electron chi connectivity index (χ1n) is 9.38. The molecule has 1 aliphatic carbocycles. The number of anilines is 1. The number of amides is 1. The van der Waals surface area contributed by atoms with Gasteiger partial charge >= 0.3 is 0 Å². The molecule has 1 aromatic carbocycles. The van der Waals surface area contributed by atoms with Gasteiger partial charge in [-0.15, -0.1) is 0 Å². The van der Waals surface area contributed by atoms with Gasteiger partial charge in [0.05, 0.1) is 5.25 Å². The molecule has 0 bridgehead atoms. The minimum Gasteiger partial charge on any atom is -0.360 e. The minimum absolute atomic E-state index is 0.169. The summed E-state index contributed by atoms with van der Waals surface area (Å²) >= 11 is 0. The van der Waals surface area contributed by atoms with Gasteiger partial charge in [0.1, 0.15) is 5.76 Å². The highest BCUT2D eigenvalue weighted by atomic mass is 32.2. The molecule has 1 N–H and O–H groups in total. The number of carbonyl (C=O) groups excluding carboxylic acids is 1. The number of para-hydroxylation sites is 1. The minimum atomic E-state index is -3.58. The molecule has 1 aliphatic heterocycles. The van der Waals surface area contributed by atoms with E-state index in [4.69, 9.17) is 4.52 Å². The highest BCUT2D eigenvalue weighted by Crippen LogP contribution is 2.27. The SMILES string of the molecule is O=C(c1noc2c1CCCC2)N1CCC[C@@H](S(=O)(=O)Nc2ccccc2)C1. The van der Waals surface area contributed by atoms with Crippen LogP contribution >= 0.6 is 0 Å². The van der Waals surface area contributed by atoms with E-state index in [1.54, 1.807) is 29.2 Å². The van der Waals surface area contributed by atoms with Crippen LogP contribution in [0, 0.1) is 0 Å². The fourth-order valence-corrected chi connectivity index (χ4v) is 5.32. The van der Waals surface area contributed by atoms with Crippen LogP contribution in [0.15, 0.2) is 34.9 Å². The molecular weight excluding hydrogens is 366 g/mol. The van der Waals surface area contributed by atoms with E-state index < -0.39 is 15.3 Å². The Balaban J connectivity index is 1.49. The zero-order valence-corrected chi connectivity index (χ0v) is 15.9. The van der Waals surface area contributed by atoms with Gasteiger partial charge in [0, 0.05) is 30.8 Å². The van der Waals surface area contributed by atoms with E-state index in [9.17, 15) is 13.2 Å². The smallest absolute Gasteiger partial charge is 0.276 e. The number of nitrogens with one attached hydrogen (secondary N) is 1. The van der Waals surface area contributed by atoms with Crippen molar-refractivity contribution in [2.75, 3.05) is 17.8 Å². The topological polar surface area (TPSA) is 92.5 Å². The van der Waals surface area contributed by atoms with E-state index in [1.165, 1.54) is 0 Å². The summed E-state index contributed by atoms with van der Waals surface area (Å²) in [5.41, 5.74) is 1.80. The Labute approximate surface area is 158 Å². The number of hydrogen-bond acceptors (Lipinski definition) is 5. The quantitative estimate of drug-likeness (QED) is 0.868. The Morgan fingerprint density at radius 1 is 1.15 bits per heavy atom. The molecule has 144 valence electrons. The molecule has 1 saturated heterocycles. The summed E-state index contributed by atoms with van der Waals surface area (Å²) in [4.78, 5) is 14.6. The number of benzene rings is 1. The fourth-order valence-electron chi connectivity index (χ4n) is 3.83. The Kier molecular flexibility index (Phi) is 4.90. The second-order valence-electron chi connectivity index (χ2n) is 7.17. The molecule has 0 spiro atoms. The second kappa shape index (κ2) is 7.34. The zero-order valence-electron chi connectivity index (χ0n) is 15.1. The van der Waals surface area contributed by atoms with Gasteiger partial charge < -0.3 is 9.42 Å². The van der Waals surface area contributed by atoms with Crippen molar-refractivity contribution in [3.05, 3.63) is 47.3 Å². The molecular formula is C19H23N3O4S. The van der Waals surface area contributed by atoms with Crippen LogP contribution in [-0.2, 0) is 22.9 Å². The number of sulfonamides is 1. The first-order chi connectivity index (χ1) is 13.0. The Bertz CT molecular complexity index is 924. The normalized spacial score (nSPS) is 20.1. The summed E-state index contributed by atoms with van der Waals surface area (Å²) in [6.07, 6.45) is 4.85. The van der Waals surface area contributed by atoms with Crippen molar-refractivity contribution >= 4 is 21.6 Å². The monoisotopic (exact) mass is 389 g/mol. The average molecular weight is 389 g/mol. The van der Waals surface area contributed by atoms with Gasteiger partial charge in [-0.3, -0.25) is 9.52 Å². The molecule has 27 heavy (non-hydrogen) atoms. The average Bonchev–Trinajstić information content (AvgIpc) is 3.12. The highest BCUT2D eigenvalue weighted by molar-refractivity contribution is 7.93. The van der Waals surface area contributed by atoms with E-state index in [-0.39, 0.29) is 12.5 Å². The van der Waals surface area contributed by atoms with Gasteiger partial charge in [0.25, 0.3) is 5.91 Å². The number of aryl methyl sites for hydroxylation is 1. The first kappa shape index (κ1) is 18.0. The maximum Gasteiger partial charge on any atom is 0.276 e. The molecule has 1 amide bonds. The Morgan fingerprint density at radius 2 is 1.93 bits per heavy atom. The lowest BCUT2D eigenvalue weighted by molar-refractivity contribution is 0.0715. The van der Waals surface area contributed by atoms with Crippen molar-refractivity contribution < 1.29 is 17.7 Å². The van der Waals surface area contributed by atoms with Crippen LogP contribution in [0.5, 0.6) is 0 Å². The maximum atomic E-state index is 13.0. The van der Waals surface area contributed by atoms with Crippen LogP contribution in [0.25, 0.3) is 0 Å². The summed E-state index contributed by atoms with van der Waals surface area (Å²) in [5, 5.41) is 3.36. The number of likely N-dealkylation sites (tertiary alicyclic amines) is 1. The maximum absolute atomic E-state index is 13.0. The molecule has 0 unspecified atom stereocenters. The van der Waals surface area contributed by atoms with Crippen molar-refractivity contribution in [3.63, 3.8) is 0 Å². The van der Waals surface area contributed by atoms with Crippen LogP contribution in [0.1, 0.15) is 47.5 Å². The van der Waals surface area contributed by atoms with E-state index in [2.05, 4.69) is 9.88 Å². The van der Waals surface area contributed by atoms with Crippen molar-refractivity contribution in [1.82, 2.24) is 10.1 Å². The van der Waals surface area contributed by atoms with Crippen LogP contribution in [0.2, 0.25) is 0 Å². The first-order valence-corrected chi connectivity index (χ1v) is 10.9. The van der Waals surface area contributed by atoms with Gasteiger partial charge in [-0.1, -0.05) is 23.4 Å². The van der Waals surface area contributed by atoms with E-state index in [0.717, 1.165) is 37.0 Å². The number of piperidine rings is 1. The summed E-state index contributed by atoms with van der Waals surface area (Å²) in [6.45, 7) is 0.709. The molecule has 0 saturated carbocycles.